The molecule has 0 radical (unpaired) electrons. The molecule has 0 N–H and O–H groups in total. The molecule has 0 fully saturated rings. The third-order valence-corrected chi connectivity index (χ3v) is 6.10. The number of benzene rings is 3. The fourth-order valence-corrected chi connectivity index (χ4v) is 4.43. The van der Waals surface area contributed by atoms with Crippen molar-refractivity contribution < 1.29 is 9.59 Å². The Balaban J connectivity index is 1.70. The zero-order valence-electron chi connectivity index (χ0n) is 16.9. The number of thioether (sulfide) groups is 1. The predicted molar refractivity (Wildman–Crippen MR) is 124 cm³/mol. The monoisotopic (exact) mass is 414 g/mol. The van der Waals surface area contributed by atoms with Crippen LogP contribution < -0.4 is 9.80 Å². The van der Waals surface area contributed by atoms with Gasteiger partial charge in [0.1, 0.15) is 0 Å². The van der Waals surface area contributed by atoms with Gasteiger partial charge < -0.3 is 4.90 Å². The van der Waals surface area contributed by atoms with E-state index in [4.69, 9.17) is 0 Å². The Morgan fingerprint density at radius 2 is 1.37 bits per heavy atom. The molecule has 0 bridgehead atoms. The first kappa shape index (κ1) is 20.0. The second kappa shape index (κ2) is 8.59. The minimum absolute atomic E-state index is 0.266. The van der Waals surface area contributed by atoms with Crippen LogP contribution in [0.4, 0.5) is 11.4 Å². The Morgan fingerprint density at radius 1 is 0.767 bits per heavy atom. The van der Waals surface area contributed by atoms with Gasteiger partial charge in [-0.25, -0.2) is 4.90 Å². The Hall–Kier alpha value is -3.31. The molecule has 0 aliphatic carbocycles. The number of imide groups is 1. The van der Waals surface area contributed by atoms with Crippen LogP contribution in [0.3, 0.4) is 0 Å². The van der Waals surface area contributed by atoms with E-state index in [0.717, 1.165) is 16.8 Å². The SMILES string of the molecule is CN(C)c1ccc(N2C(=O)C(SCc3ccccc3)=C(c3ccccc3)C2=O)cc1. The van der Waals surface area contributed by atoms with Crippen molar-refractivity contribution in [1.82, 2.24) is 0 Å². The smallest absolute Gasteiger partial charge is 0.272 e. The van der Waals surface area contributed by atoms with E-state index < -0.39 is 0 Å². The summed E-state index contributed by atoms with van der Waals surface area (Å²) in [5.74, 6) is 0.0793. The molecule has 0 unspecified atom stereocenters. The van der Waals surface area contributed by atoms with Gasteiger partial charge in [0.25, 0.3) is 11.8 Å². The number of hydrogen-bond donors (Lipinski definition) is 0. The van der Waals surface area contributed by atoms with Gasteiger partial charge in [-0.3, -0.25) is 9.59 Å². The molecular formula is C25H22N2O2S. The first-order valence-corrected chi connectivity index (χ1v) is 10.7. The first-order chi connectivity index (χ1) is 14.6. The number of anilines is 2. The second-order valence-corrected chi connectivity index (χ2v) is 8.19. The average Bonchev–Trinajstić information content (AvgIpc) is 3.03. The quantitative estimate of drug-likeness (QED) is 0.534. The second-order valence-electron chi connectivity index (χ2n) is 7.20. The van der Waals surface area contributed by atoms with E-state index in [-0.39, 0.29) is 11.8 Å². The molecule has 150 valence electrons. The lowest BCUT2D eigenvalue weighted by atomic mass is 10.1. The van der Waals surface area contributed by atoms with E-state index >= 15 is 0 Å². The maximum Gasteiger partial charge on any atom is 0.272 e. The number of carbonyl (C=O) groups excluding carboxylic acids is 2. The predicted octanol–water partition coefficient (Wildman–Crippen LogP) is 4.97. The van der Waals surface area contributed by atoms with Gasteiger partial charge in [-0.05, 0) is 35.4 Å². The van der Waals surface area contributed by atoms with E-state index in [1.165, 1.54) is 16.7 Å². The van der Waals surface area contributed by atoms with Crippen LogP contribution >= 0.6 is 11.8 Å². The van der Waals surface area contributed by atoms with Crippen molar-refractivity contribution >= 4 is 40.5 Å². The highest BCUT2D eigenvalue weighted by atomic mass is 32.2. The van der Waals surface area contributed by atoms with Gasteiger partial charge in [0.15, 0.2) is 0 Å². The van der Waals surface area contributed by atoms with Gasteiger partial charge in [0, 0.05) is 25.5 Å². The largest absolute Gasteiger partial charge is 0.378 e. The summed E-state index contributed by atoms with van der Waals surface area (Å²) in [4.78, 5) is 30.5. The zero-order chi connectivity index (χ0) is 21.1. The molecular weight excluding hydrogens is 392 g/mol. The number of amides is 2. The molecule has 0 saturated heterocycles. The molecule has 3 aromatic rings. The normalized spacial score (nSPS) is 13.9. The van der Waals surface area contributed by atoms with Crippen LogP contribution in [0.1, 0.15) is 11.1 Å². The molecule has 0 atom stereocenters. The van der Waals surface area contributed by atoms with Crippen molar-refractivity contribution in [3.8, 4) is 0 Å². The minimum Gasteiger partial charge on any atom is -0.378 e. The van der Waals surface area contributed by atoms with E-state index in [0.29, 0.717) is 21.9 Å². The van der Waals surface area contributed by atoms with Gasteiger partial charge in [0.2, 0.25) is 0 Å². The zero-order valence-corrected chi connectivity index (χ0v) is 17.7. The van der Waals surface area contributed by atoms with E-state index in [1.54, 1.807) is 0 Å². The topological polar surface area (TPSA) is 40.6 Å². The fraction of sp³-hybridized carbons (Fsp3) is 0.120. The molecule has 0 spiro atoms. The van der Waals surface area contributed by atoms with E-state index in [2.05, 4.69) is 0 Å². The molecule has 3 aromatic carbocycles. The van der Waals surface area contributed by atoms with Crippen molar-refractivity contribution in [2.24, 2.45) is 0 Å². The maximum absolute atomic E-state index is 13.4. The molecule has 4 rings (SSSR count). The Labute approximate surface area is 180 Å². The lowest BCUT2D eigenvalue weighted by Crippen LogP contribution is -2.31. The molecule has 0 saturated carbocycles. The Kier molecular flexibility index (Phi) is 5.72. The van der Waals surface area contributed by atoms with Crippen LogP contribution in [0.2, 0.25) is 0 Å². The Morgan fingerprint density at radius 3 is 1.97 bits per heavy atom. The highest BCUT2D eigenvalue weighted by Gasteiger charge is 2.40. The molecule has 1 aliphatic rings. The lowest BCUT2D eigenvalue weighted by molar-refractivity contribution is -0.119. The molecule has 5 heteroatoms. The first-order valence-electron chi connectivity index (χ1n) is 9.69. The highest BCUT2D eigenvalue weighted by molar-refractivity contribution is 8.03. The number of hydrogen-bond acceptors (Lipinski definition) is 4. The average molecular weight is 415 g/mol. The van der Waals surface area contributed by atoms with Crippen LogP contribution in [-0.2, 0) is 15.3 Å². The third-order valence-electron chi connectivity index (χ3n) is 4.95. The Bertz CT molecular complexity index is 1090. The van der Waals surface area contributed by atoms with Gasteiger partial charge >= 0.3 is 0 Å². The number of nitrogens with zero attached hydrogens (tertiary/aromatic N) is 2. The summed E-state index contributed by atoms with van der Waals surface area (Å²) in [6.07, 6.45) is 0. The van der Waals surface area contributed by atoms with E-state index in [9.17, 15) is 9.59 Å². The van der Waals surface area contributed by atoms with Gasteiger partial charge in [-0.15, -0.1) is 11.8 Å². The van der Waals surface area contributed by atoms with Crippen molar-refractivity contribution in [2.75, 3.05) is 23.9 Å². The summed E-state index contributed by atoms with van der Waals surface area (Å²) in [5, 5.41) is 0. The molecule has 2 amide bonds. The van der Waals surface area contributed by atoms with Crippen LogP contribution in [0.5, 0.6) is 0 Å². The maximum atomic E-state index is 13.4. The molecule has 30 heavy (non-hydrogen) atoms. The number of carbonyl (C=O) groups is 2. The van der Waals surface area contributed by atoms with Crippen LogP contribution in [0.25, 0.3) is 5.57 Å². The van der Waals surface area contributed by atoms with Crippen molar-refractivity contribution in [1.29, 1.82) is 0 Å². The van der Waals surface area contributed by atoms with Crippen LogP contribution in [0, 0.1) is 0 Å². The van der Waals surface area contributed by atoms with Crippen molar-refractivity contribution in [2.45, 2.75) is 5.75 Å². The van der Waals surface area contributed by atoms with Gasteiger partial charge in [-0.2, -0.15) is 0 Å². The third kappa shape index (κ3) is 3.89. The summed E-state index contributed by atoms with van der Waals surface area (Å²) in [5.41, 5.74) is 3.93. The summed E-state index contributed by atoms with van der Waals surface area (Å²) in [7, 11) is 3.91. The standard InChI is InChI=1S/C25H22N2O2S/c1-26(2)20-13-15-21(16-14-20)27-24(28)22(19-11-7-4-8-12-19)23(25(27)29)30-17-18-9-5-3-6-10-18/h3-16H,17H2,1-2H3. The molecule has 1 heterocycles. The molecule has 1 aliphatic heterocycles. The van der Waals surface area contributed by atoms with Gasteiger partial charge in [-0.1, -0.05) is 60.7 Å². The van der Waals surface area contributed by atoms with Crippen LogP contribution in [-0.4, -0.2) is 25.9 Å². The highest BCUT2D eigenvalue weighted by Crippen LogP contribution is 2.39. The minimum atomic E-state index is -0.278. The van der Waals surface area contributed by atoms with Crippen molar-refractivity contribution in [3.05, 3.63) is 101 Å². The van der Waals surface area contributed by atoms with Crippen molar-refractivity contribution in [3.63, 3.8) is 0 Å². The molecule has 4 nitrogen and oxygen atoms in total. The van der Waals surface area contributed by atoms with Crippen LogP contribution in [0.15, 0.2) is 89.8 Å². The lowest BCUT2D eigenvalue weighted by Gasteiger charge is -2.17. The summed E-state index contributed by atoms with van der Waals surface area (Å²) >= 11 is 1.42. The fourth-order valence-electron chi connectivity index (χ4n) is 3.37. The summed E-state index contributed by atoms with van der Waals surface area (Å²) in [6.45, 7) is 0. The summed E-state index contributed by atoms with van der Waals surface area (Å²) < 4.78 is 0. The van der Waals surface area contributed by atoms with Gasteiger partial charge in [0.05, 0.1) is 16.2 Å². The number of rotatable bonds is 6. The summed E-state index contributed by atoms with van der Waals surface area (Å²) in [6, 6.07) is 26.8. The van der Waals surface area contributed by atoms with E-state index in [1.807, 2.05) is 104 Å². The molecule has 0 aromatic heterocycles.